The number of nitrogens with zero attached hydrogens (tertiary/aromatic N) is 1. The zero-order chi connectivity index (χ0) is 13.7. The number of carbonyl (C=O) groups is 2. The van der Waals surface area contributed by atoms with Crippen molar-refractivity contribution in [3.63, 3.8) is 0 Å². The molecule has 2 aliphatic rings. The van der Waals surface area contributed by atoms with Crippen LogP contribution in [-0.4, -0.2) is 24.9 Å². The molecule has 2 aromatic carbocycles. The van der Waals surface area contributed by atoms with Crippen LogP contribution in [0, 0.1) is 0 Å². The highest BCUT2D eigenvalue weighted by atomic mass is 16.2. The minimum atomic E-state index is -0.299. The van der Waals surface area contributed by atoms with Crippen molar-refractivity contribution in [2.45, 2.75) is 12.8 Å². The topological polar surface area (TPSA) is 49.4 Å². The fourth-order valence-corrected chi connectivity index (χ4v) is 3.24. The summed E-state index contributed by atoms with van der Waals surface area (Å²) in [7, 11) is 0. The Morgan fingerprint density at radius 2 is 1.75 bits per heavy atom. The summed E-state index contributed by atoms with van der Waals surface area (Å²) in [6, 6.07) is 9.58. The summed E-state index contributed by atoms with van der Waals surface area (Å²) >= 11 is 0. The maximum absolute atomic E-state index is 12.3. The fourth-order valence-electron chi connectivity index (χ4n) is 3.24. The first-order valence-electron chi connectivity index (χ1n) is 6.92. The third kappa shape index (κ3) is 1.48. The highest BCUT2D eigenvalue weighted by molar-refractivity contribution is 6.27. The largest absolute Gasteiger partial charge is 0.371 e. The van der Waals surface area contributed by atoms with Crippen molar-refractivity contribution in [2.75, 3.05) is 18.0 Å². The average molecular weight is 266 g/mol. The van der Waals surface area contributed by atoms with E-state index < -0.39 is 0 Å². The number of imide groups is 1. The van der Waals surface area contributed by atoms with Crippen molar-refractivity contribution < 1.29 is 9.59 Å². The van der Waals surface area contributed by atoms with Crippen molar-refractivity contribution in [2.24, 2.45) is 0 Å². The average Bonchev–Trinajstić information content (AvgIpc) is 2.98. The van der Waals surface area contributed by atoms with Crippen molar-refractivity contribution >= 4 is 28.3 Å². The number of carbonyl (C=O) groups excluding carboxylic acids is 2. The normalized spacial score (nSPS) is 17.7. The molecule has 0 radical (unpaired) electrons. The number of rotatable bonds is 1. The maximum atomic E-state index is 12.3. The molecule has 4 rings (SSSR count). The van der Waals surface area contributed by atoms with Gasteiger partial charge in [-0.2, -0.15) is 0 Å². The van der Waals surface area contributed by atoms with E-state index in [1.807, 2.05) is 24.3 Å². The van der Waals surface area contributed by atoms with Gasteiger partial charge in [0.05, 0.1) is 11.3 Å². The molecule has 0 aromatic heterocycles. The van der Waals surface area contributed by atoms with E-state index in [0.29, 0.717) is 11.1 Å². The second-order valence-corrected chi connectivity index (χ2v) is 5.34. The molecular formula is C16H14N2O2. The summed E-state index contributed by atoms with van der Waals surface area (Å²) in [5.74, 6) is -0.576. The molecule has 100 valence electrons. The molecule has 4 nitrogen and oxygen atoms in total. The van der Waals surface area contributed by atoms with E-state index in [4.69, 9.17) is 0 Å². The zero-order valence-electron chi connectivity index (χ0n) is 11.0. The van der Waals surface area contributed by atoms with Crippen LogP contribution in [0.15, 0.2) is 30.3 Å². The molecule has 0 bridgehead atoms. The lowest BCUT2D eigenvalue weighted by atomic mass is 9.93. The first-order chi connectivity index (χ1) is 9.75. The van der Waals surface area contributed by atoms with Gasteiger partial charge in [-0.3, -0.25) is 14.9 Å². The summed E-state index contributed by atoms with van der Waals surface area (Å²) in [4.78, 5) is 26.5. The Hall–Kier alpha value is -2.36. The molecule has 0 saturated carbocycles. The number of anilines is 1. The Bertz CT molecular complexity index is 745. The third-order valence-electron chi connectivity index (χ3n) is 4.17. The van der Waals surface area contributed by atoms with Crippen molar-refractivity contribution in [1.82, 2.24) is 5.32 Å². The Morgan fingerprint density at radius 3 is 2.55 bits per heavy atom. The van der Waals surface area contributed by atoms with Crippen LogP contribution in [0.25, 0.3) is 10.8 Å². The van der Waals surface area contributed by atoms with Gasteiger partial charge in [0.25, 0.3) is 11.8 Å². The monoisotopic (exact) mass is 266 g/mol. The van der Waals surface area contributed by atoms with Gasteiger partial charge < -0.3 is 4.90 Å². The summed E-state index contributed by atoms with van der Waals surface area (Å²) in [6.07, 6.45) is 2.30. The van der Waals surface area contributed by atoms with E-state index in [9.17, 15) is 9.59 Å². The van der Waals surface area contributed by atoms with E-state index in [2.05, 4.69) is 10.2 Å². The van der Waals surface area contributed by atoms with Crippen LogP contribution < -0.4 is 10.2 Å². The van der Waals surface area contributed by atoms with Gasteiger partial charge in [0.2, 0.25) is 0 Å². The molecule has 2 amide bonds. The van der Waals surface area contributed by atoms with E-state index in [-0.39, 0.29) is 11.8 Å². The number of hydrogen-bond acceptors (Lipinski definition) is 3. The molecule has 2 aromatic rings. The Morgan fingerprint density at radius 1 is 0.950 bits per heavy atom. The summed E-state index contributed by atoms with van der Waals surface area (Å²) in [5.41, 5.74) is 2.20. The number of amides is 2. The van der Waals surface area contributed by atoms with E-state index >= 15 is 0 Å². The first kappa shape index (κ1) is 11.5. The minimum absolute atomic E-state index is 0.277. The lowest BCUT2D eigenvalue weighted by molar-refractivity contribution is 0.0845. The predicted octanol–water partition coefficient (Wildman–Crippen LogP) is 2.32. The zero-order valence-corrected chi connectivity index (χ0v) is 11.0. The van der Waals surface area contributed by atoms with E-state index in [1.54, 1.807) is 6.07 Å². The number of benzene rings is 2. The highest BCUT2D eigenvalue weighted by Crippen LogP contribution is 2.34. The van der Waals surface area contributed by atoms with Gasteiger partial charge in [-0.1, -0.05) is 18.2 Å². The number of hydrogen-bond donors (Lipinski definition) is 1. The molecular weight excluding hydrogens is 252 g/mol. The maximum Gasteiger partial charge on any atom is 0.260 e. The lowest BCUT2D eigenvalue weighted by Gasteiger charge is -2.25. The third-order valence-corrected chi connectivity index (χ3v) is 4.17. The highest BCUT2D eigenvalue weighted by Gasteiger charge is 2.29. The van der Waals surface area contributed by atoms with Crippen molar-refractivity contribution in [1.29, 1.82) is 0 Å². The Balaban J connectivity index is 2.07. The van der Waals surface area contributed by atoms with Crippen LogP contribution in [-0.2, 0) is 0 Å². The van der Waals surface area contributed by atoms with Crippen LogP contribution in [0.1, 0.15) is 33.6 Å². The molecule has 1 N–H and O–H groups in total. The van der Waals surface area contributed by atoms with Crippen LogP contribution in [0.4, 0.5) is 5.69 Å². The van der Waals surface area contributed by atoms with Crippen molar-refractivity contribution in [3.05, 3.63) is 41.5 Å². The minimum Gasteiger partial charge on any atom is -0.371 e. The van der Waals surface area contributed by atoms with Gasteiger partial charge in [-0.15, -0.1) is 0 Å². The molecule has 20 heavy (non-hydrogen) atoms. The summed E-state index contributed by atoms with van der Waals surface area (Å²) in [6.45, 7) is 1.95. The molecule has 1 fully saturated rings. The van der Waals surface area contributed by atoms with Gasteiger partial charge in [-0.05, 0) is 30.4 Å². The van der Waals surface area contributed by atoms with Crippen LogP contribution in [0.5, 0.6) is 0 Å². The Labute approximate surface area is 116 Å². The molecule has 0 spiro atoms. The predicted molar refractivity (Wildman–Crippen MR) is 77.2 cm³/mol. The van der Waals surface area contributed by atoms with E-state index in [0.717, 1.165) is 42.4 Å². The smallest absolute Gasteiger partial charge is 0.260 e. The second-order valence-electron chi connectivity index (χ2n) is 5.34. The molecule has 0 unspecified atom stereocenters. The fraction of sp³-hybridized carbons (Fsp3) is 0.250. The number of nitrogens with one attached hydrogen (secondary N) is 1. The van der Waals surface area contributed by atoms with E-state index in [1.165, 1.54) is 0 Å². The van der Waals surface area contributed by atoms with Gasteiger partial charge in [0, 0.05) is 24.0 Å². The standard InChI is InChI=1S/C16H14N2O2/c19-15-11-5-3-4-10-6-7-12(18-8-1-2-9-18)14(13(10)11)16(20)17-15/h3-7H,1-2,8-9H2,(H,17,19,20). The lowest BCUT2D eigenvalue weighted by Crippen LogP contribution is -2.36. The molecule has 1 saturated heterocycles. The molecule has 4 heteroatoms. The van der Waals surface area contributed by atoms with Gasteiger partial charge in [0.15, 0.2) is 0 Å². The van der Waals surface area contributed by atoms with Crippen LogP contribution >= 0.6 is 0 Å². The van der Waals surface area contributed by atoms with Gasteiger partial charge >= 0.3 is 0 Å². The molecule has 0 atom stereocenters. The SMILES string of the molecule is O=C1NC(=O)c2c(N3CCCC3)ccc3cccc1c23. The Kier molecular flexibility index (Phi) is 2.33. The molecule has 0 aliphatic carbocycles. The molecule has 2 aliphatic heterocycles. The van der Waals surface area contributed by atoms with Crippen molar-refractivity contribution in [3.8, 4) is 0 Å². The molecule has 2 heterocycles. The van der Waals surface area contributed by atoms with Gasteiger partial charge in [0.1, 0.15) is 0 Å². The van der Waals surface area contributed by atoms with Crippen LogP contribution in [0.2, 0.25) is 0 Å². The van der Waals surface area contributed by atoms with Crippen LogP contribution in [0.3, 0.4) is 0 Å². The summed E-state index contributed by atoms with van der Waals surface area (Å²) < 4.78 is 0. The first-order valence-corrected chi connectivity index (χ1v) is 6.92. The second kappa shape index (κ2) is 4.07. The summed E-state index contributed by atoms with van der Waals surface area (Å²) in [5, 5.41) is 4.20. The van der Waals surface area contributed by atoms with Gasteiger partial charge in [-0.25, -0.2) is 0 Å². The quantitative estimate of drug-likeness (QED) is 0.806.